The first-order valence-corrected chi connectivity index (χ1v) is 7.89. The van der Waals surface area contributed by atoms with Gasteiger partial charge in [0.2, 0.25) is 10.0 Å². The fourth-order valence-corrected chi connectivity index (χ4v) is 3.96. The zero-order valence-electron chi connectivity index (χ0n) is 11.3. The summed E-state index contributed by atoms with van der Waals surface area (Å²) in [6.07, 6.45) is 3.97. The highest BCUT2D eigenvalue weighted by molar-refractivity contribution is 7.89. The van der Waals surface area contributed by atoms with Crippen LogP contribution >= 0.6 is 0 Å². The largest absolute Gasteiger partial charge is 0.494 e. The van der Waals surface area contributed by atoms with Gasteiger partial charge in [0.05, 0.1) is 17.7 Å². The minimum atomic E-state index is -3.50. The molecule has 0 spiro atoms. The van der Waals surface area contributed by atoms with Crippen molar-refractivity contribution in [3.63, 3.8) is 0 Å². The normalized spacial score (nSPS) is 16.7. The highest BCUT2D eigenvalue weighted by atomic mass is 32.2. The summed E-state index contributed by atoms with van der Waals surface area (Å²) in [5.41, 5.74) is 6.88. The number of benzene rings is 1. The molecule has 5 nitrogen and oxygen atoms in total. The molecule has 0 saturated heterocycles. The van der Waals surface area contributed by atoms with Gasteiger partial charge in [0.15, 0.2) is 0 Å². The van der Waals surface area contributed by atoms with Gasteiger partial charge in [-0.1, -0.05) is 12.8 Å². The van der Waals surface area contributed by atoms with Crippen LogP contribution in [0.2, 0.25) is 0 Å². The van der Waals surface area contributed by atoms with Crippen LogP contribution in [0.25, 0.3) is 0 Å². The number of hydrogen-bond acceptors (Lipinski definition) is 4. The third-order valence-electron chi connectivity index (χ3n) is 3.47. The molecule has 1 aliphatic rings. The molecule has 0 aliphatic heterocycles. The predicted octanol–water partition coefficient (Wildman–Crippen LogP) is 1.81. The van der Waals surface area contributed by atoms with Gasteiger partial charge in [-0.25, -0.2) is 13.1 Å². The topological polar surface area (TPSA) is 81.4 Å². The van der Waals surface area contributed by atoms with Gasteiger partial charge in [-0.05, 0) is 37.5 Å². The Morgan fingerprint density at radius 1 is 1.32 bits per heavy atom. The van der Waals surface area contributed by atoms with Gasteiger partial charge in [-0.3, -0.25) is 0 Å². The second-order valence-electron chi connectivity index (χ2n) is 4.97. The molecule has 0 radical (unpaired) electrons. The lowest BCUT2D eigenvalue weighted by Gasteiger charge is -2.15. The average Bonchev–Trinajstić information content (AvgIpc) is 2.80. The van der Waals surface area contributed by atoms with E-state index in [1.807, 2.05) is 0 Å². The minimum Gasteiger partial charge on any atom is -0.494 e. The second-order valence-corrected chi connectivity index (χ2v) is 6.68. The molecule has 19 heavy (non-hydrogen) atoms. The number of nitrogens with two attached hydrogens (primary N) is 1. The molecule has 0 aromatic heterocycles. The molecule has 0 unspecified atom stereocenters. The van der Waals surface area contributed by atoms with Crippen LogP contribution < -0.4 is 15.2 Å². The number of nitrogen functional groups attached to an aromatic ring is 1. The summed E-state index contributed by atoms with van der Waals surface area (Å²) in [4.78, 5) is 0.204. The molecule has 1 aliphatic carbocycles. The average molecular weight is 284 g/mol. The molecule has 6 heteroatoms. The molecule has 0 atom stereocenters. The summed E-state index contributed by atoms with van der Waals surface area (Å²) >= 11 is 0. The lowest BCUT2D eigenvalue weighted by atomic mass is 10.2. The van der Waals surface area contributed by atoms with Gasteiger partial charge < -0.3 is 10.5 Å². The number of anilines is 1. The number of nitrogens with one attached hydrogen (secondary N) is 1. The van der Waals surface area contributed by atoms with Crippen LogP contribution in [0.5, 0.6) is 5.75 Å². The van der Waals surface area contributed by atoms with E-state index in [9.17, 15) is 8.42 Å². The number of methoxy groups -OCH3 is 1. The zero-order valence-corrected chi connectivity index (χ0v) is 12.1. The Morgan fingerprint density at radius 3 is 2.47 bits per heavy atom. The van der Waals surface area contributed by atoms with Crippen LogP contribution in [0, 0.1) is 6.92 Å². The maximum Gasteiger partial charge on any atom is 0.240 e. The maximum atomic E-state index is 12.3. The van der Waals surface area contributed by atoms with E-state index >= 15 is 0 Å². The van der Waals surface area contributed by atoms with E-state index < -0.39 is 10.0 Å². The number of ether oxygens (including phenoxy) is 1. The van der Waals surface area contributed by atoms with Gasteiger partial charge in [-0.2, -0.15) is 0 Å². The fraction of sp³-hybridized carbons (Fsp3) is 0.538. The first kappa shape index (κ1) is 14.1. The van der Waals surface area contributed by atoms with Crippen LogP contribution in [0.3, 0.4) is 0 Å². The summed E-state index contributed by atoms with van der Waals surface area (Å²) in [7, 11) is -1.98. The van der Waals surface area contributed by atoms with Crippen molar-refractivity contribution in [1.29, 1.82) is 0 Å². The lowest BCUT2D eigenvalue weighted by Crippen LogP contribution is -2.32. The summed E-state index contributed by atoms with van der Waals surface area (Å²) in [6, 6.07) is 3.09. The molecule has 1 fully saturated rings. The first-order valence-electron chi connectivity index (χ1n) is 6.40. The highest BCUT2D eigenvalue weighted by Gasteiger charge is 2.24. The third kappa shape index (κ3) is 3.01. The first-order chi connectivity index (χ1) is 8.94. The molecule has 3 N–H and O–H groups in total. The summed E-state index contributed by atoms with van der Waals surface area (Å²) in [5, 5.41) is 0. The van der Waals surface area contributed by atoms with Crippen molar-refractivity contribution in [2.45, 2.75) is 43.5 Å². The van der Waals surface area contributed by atoms with Gasteiger partial charge in [-0.15, -0.1) is 0 Å². The molecular formula is C13H20N2O3S. The van der Waals surface area contributed by atoms with Crippen molar-refractivity contribution in [1.82, 2.24) is 4.72 Å². The predicted molar refractivity (Wildman–Crippen MR) is 74.7 cm³/mol. The highest BCUT2D eigenvalue weighted by Crippen LogP contribution is 2.29. The van der Waals surface area contributed by atoms with Gasteiger partial charge in [0.1, 0.15) is 5.75 Å². The van der Waals surface area contributed by atoms with E-state index in [0.717, 1.165) is 25.7 Å². The molecular weight excluding hydrogens is 264 g/mol. The SMILES string of the molecule is COc1c(C)cc(S(=O)(=O)NC2CCCC2)cc1N. The summed E-state index contributed by atoms with van der Waals surface area (Å²) in [6.45, 7) is 1.78. The van der Waals surface area contributed by atoms with E-state index in [0.29, 0.717) is 17.0 Å². The van der Waals surface area contributed by atoms with E-state index in [1.165, 1.54) is 13.2 Å². The molecule has 106 valence electrons. The van der Waals surface area contributed by atoms with Crippen molar-refractivity contribution >= 4 is 15.7 Å². The summed E-state index contributed by atoms with van der Waals surface area (Å²) in [5.74, 6) is 0.528. The van der Waals surface area contributed by atoms with Crippen LogP contribution in [0.1, 0.15) is 31.2 Å². The van der Waals surface area contributed by atoms with Crippen LogP contribution in [-0.4, -0.2) is 21.6 Å². The number of sulfonamides is 1. The van der Waals surface area contributed by atoms with Crippen molar-refractivity contribution in [3.8, 4) is 5.75 Å². The minimum absolute atomic E-state index is 0.0497. The molecule has 0 heterocycles. The Hall–Kier alpha value is -1.27. The molecule has 1 aromatic carbocycles. The van der Waals surface area contributed by atoms with E-state index in [1.54, 1.807) is 13.0 Å². The van der Waals surface area contributed by atoms with Gasteiger partial charge in [0, 0.05) is 6.04 Å². The molecule has 2 rings (SSSR count). The van der Waals surface area contributed by atoms with Crippen molar-refractivity contribution in [3.05, 3.63) is 17.7 Å². The van der Waals surface area contributed by atoms with Crippen molar-refractivity contribution < 1.29 is 13.2 Å². The smallest absolute Gasteiger partial charge is 0.240 e. The molecule has 1 saturated carbocycles. The second kappa shape index (κ2) is 5.38. The van der Waals surface area contributed by atoms with E-state index in [4.69, 9.17) is 10.5 Å². The Morgan fingerprint density at radius 2 is 1.95 bits per heavy atom. The van der Waals surface area contributed by atoms with Crippen LogP contribution in [0.4, 0.5) is 5.69 Å². The molecule has 0 amide bonds. The quantitative estimate of drug-likeness (QED) is 0.826. The van der Waals surface area contributed by atoms with E-state index in [2.05, 4.69) is 4.72 Å². The van der Waals surface area contributed by atoms with Crippen LogP contribution in [-0.2, 0) is 10.0 Å². The van der Waals surface area contributed by atoms with Crippen LogP contribution in [0.15, 0.2) is 17.0 Å². The van der Waals surface area contributed by atoms with Gasteiger partial charge >= 0.3 is 0 Å². The number of hydrogen-bond donors (Lipinski definition) is 2. The number of aryl methyl sites for hydroxylation is 1. The fourth-order valence-electron chi connectivity index (χ4n) is 2.53. The standard InChI is InChI=1S/C13H20N2O3S/c1-9-7-11(8-12(14)13(9)18-2)19(16,17)15-10-5-3-4-6-10/h7-8,10,15H,3-6,14H2,1-2H3. The monoisotopic (exact) mass is 284 g/mol. The third-order valence-corrected chi connectivity index (χ3v) is 4.97. The molecule has 1 aromatic rings. The van der Waals surface area contributed by atoms with E-state index in [-0.39, 0.29) is 10.9 Å². The van der Waals surface area contributed by atoms with Gasteiger partial charge in [0.25, 0.3) is 0 Å². The maximum absolute atomic E-state index is 12.3. The Bertz CT molecular complexity index is 540. The lowest BCUT2D eigenvalue weighted by molar-refractivity contribution is 0.413. The summed E-state index contributed by atoms with van der Waals surface area (Å²) < 4.78 is 32.4. The zero-order chi connectivity index (χ0) is 14.0. The Kier molecular flexibility index (Phi) is 4.01. The Balaban J connectivity index is 2.29. The van der Waals surface area contributed by atoms with Crippen molar-refractivity contribution in [2.75, 3.05) is 12.8 Å². The Labute approximate surface area is 114 Å². The molecule has 0 bridgehead atoms. The number of rotatable bonds is 4. The van der Waals surface area contributed by atoms with Crippen molar-refractivity contribution in [2.24, 2.45) is 0 Å².